The Bertz CT molecular complexity index is 151. The van der Waals surface area contributed by atoms with Gasteiger partial charge >= 0.3 is 0 Å². The van der Waals surface area contributed by atoms with Crippen molar-refractivity contribution in [2.24, 2.45) is 5.92 Å². The van der Waals surface area contributed by atoms with E-state index in [0.29, 0.717) is 6.10 Å². The Morgan fingerprint density at radius 3 is 1.80 bits per heavy atom. The van der Waals surface area contributed by atoms with Gasteiger partial charge in [0.2, 0.25) is 0 Å². The van der Waals surface area contributed by atoms with Gasteiger partial charge in [-0.05, 0) is 38.4 Å². The fraction of sp³-hybridized carbons (Fsp3) is 1.00. The number of rotatable bonds is 8. The molecule has 0 spiro atoms. The molecule has 0 aromatic rings. The van der Waals surface area contributed by atoms with E-state index in [1.54, 1.807) is 0 Å². The third-order valence-electron chi connectivity index (χ3n) is 2.79. The fourth-order valence-electron chi connectivity index (χ4n) is 2.15. The zero-order valence-corrected chi connectivity index (χ0v) is 12.6. The molecule has 1 nitrogen and oxygen atoms in total. The molecule has 2 heteroatoms. The first-order valence-electron chi connectivity index (χ1n) is 6.62. The number of hydrogen-bond donors (Lipinski definition) is 0. The first-order chi connectivity index (χ1) is 6.94. The molecule has 2 atom stereocenters. The van der Waals surface area contributed by atoms with E-state index in [1.807, 2.05) is 0 Å². The first-order valence-corrected chi connectivity index (χ1v) is 10.0. The van der Waals surface area contributed by atoms with E-state index in [9.17, 15) is 0 Å². The predicted octanol–water partition coefficient (Wildman–Crippen LogP) is 4.83. The Labute approximate surface area is 97.7 Å². The lowest BCUT2D eigenvalue weighted by Crippen LogP contribution is -2.36. The van der Waals surface area contributed by atoms with E-state index >= 15 is 0 Å². The van der Waals surface area contributed by atoms with Gasteiger partial charge in [-0.15, -0.1) is 0 Å². The van der Waals surface area contributed by atoms with Crippen LogP contribution in [0.25, 0.3) is 0 Å². The SMILES string of the molecule is CCC[C@H](CC)[C@@H](CCC)O[Si](C)(C)C. The summed E-state index contributed by atoms with van der Waals surface area (Å²) >= 11 is 0. The standard InChI is InChI=1S/C13H30OSi/c1-7-10-12(9-3)13(11-8-2)14-15(4,5)6/h12-13H,7-11H2,1-6H3/t12-,13+/m0/s1. The van der Waals surface area contributed by atoms with Crippen molar-refractivity contribution in [1.29, 1.82) is 0 Å². The molecular formula is C13H30OSi. The summed E-state index contributed by atoms with van der Waals surface area (Å²) in [5, 5.41) is 0. The molecule has 0 rings (SSSR count). The summed E-state index contributed by atoms with van der Waals surface area (Å²) in [6.45, 7) is 13.7. The zero-order valence-electron chi connectivity index (χ0n) is 11.6. The highest BCUT2D eigenvalue weighted by atomic mass is 28.4. The minimum atomic E-state index is -1.37. The Morgan fingerprint density at radius 1 is 0.933 bits per heavy atom. The van der Waals surface area contributed by atoms with Crippen LogP contribution >= 0.6 is 0 Å². The van der Waals surface area contributed by atoms with E-state index in [4.69, 9.17) is 4.43 Å². The molecule has 0 heterocycles. The second kappa shape index (κ2) is 7.45. The van der Waals surface area contributed by atoms with Gasteiger partial charge in [0.1, 0.15) is 0 Å². The van der Waals surface area contributed by atoms with Crippen LogP contribution in [-0.2, 0) is 4.43 Å². The molecule has 0 aromatic heterocycles. The van der Waals surface area contributed by atoms with Crippen LogP contribution in [0.3, 0.4) is 0 Å². The molecule has 0 aromatic carbocycles. The molecule has 15 heavy (non-hydrogen) atoms. The van der Waals surface area contributed by atoms with Crippen LogP contribution in [0.5, 0.6) is 0 Å². The van der Waals surface area contributed by atoms with Gasteiger partial charge in [0.05, 0.1) is 0 Å². The lowest BCUT2D eigenvalue weighted by atomic mass is 9.92. The zero-order chi connectivity index (χ0) is 11.9. The number of hydrogen-bond acceptors (Lipinski definition) is 1. The minimum absolute atomic E-state index is 0.520. The highest BCUT2D eigenvalue weighted by Gasteiger charge is 2.25. The molecule has 0 fully saturated rings. The van der Waals surface area contributed by atoms with E-state index in [-0.39, 0.29) is 0 Å². The van der Waals surface area contributed by atoms with Crippen molar-refractivity contribution in [3.63, 3.8) is 0 Å². The molecule has 0 saturated carbocycles. The second-order valence-corrected chi connectivity index (χ2v) is 9.97. The van der Waals surface area contributed by atoms with Crippen LogP contribution in [0.4, 0.5) is 0 Å². The van der Waals surface area contributed by atoms with Gasteiger partial charge in [-0.25, -0.2) is 0 Å². The van der Waals surface area contributed by atoms with Crippen LogP contribution in [0.1, 0.15) is 52.9 Å². The van der Waals surface area contributed by atoms with Gasteiger partial charge in [0, 0.05) is 6.10 Å². The molecule has 0 aliphatic carbocycles. The lowest BCUT2D eigenvalue weighted by molar-refractivity contribution is 0.107. The Morgan fingerprint density at radius 2 is 1.47 bits per heavy atom. The van der Waals surface area contributed by atoms with Crippen molar-refractivity contribution >= 4 is 8.32 Å². The average Bonchev–Trinajstić information content (AvgIpc) is 2.11. The van der Waals surface area contributed by atoms with Gasteiger partial charge in [-0.3, -0.25) is 0 Å². The van der Waals surface area contributed by atoms with Crippen LogP contribution in [-0.4, -0.2) is 14.4 Å². The smallest absolute Gasteiger partial charge is 0.184 e. The molecule has 0 radical (unpaired) electrons. The lowest BCUT2D eigenvalue weighted by Gasteiger charge is -2.32. The molecule has 92 valence electrons. The minimum Gasteiger partial charge on any atom is -0.414 e. The molecule has 0 bridgehead atoms. The van der Waals surface area contributed by atoms with E-state index < -0.39 is 8.32 Å². The van der Waals surface area contributed by atoms with E-state index in [1.165, 1.54) is 32.1 Å². The fourth-order valence-corrected chi connectivity index (χ4v) is 3.37. The van der Waals surface area contributed by atoms with Crippen LogP contribution in [0, 0.1) is 5.92 Å². The van der Waals surface area contributed by atoms with Gasteiger partial charge in [0.25, 0.3) is 0 Å². The van der Waals surface area contributed by atoms with Crippen LogP contribution in [0.15, 0.2) is 0 Å². The van der Waals surface area contributed by atoms with Gasteiger partial charge in [-0.2, -0.15) is 0 Å². The maximum absolute atomic E-state index is 6.32. The van der Waals surface area contributed by atoms with E-state index in [2.05, 4.69) is 40.4 Å². The van der Waals surface area contributed by atoms with Crippen molar-refractivity contribution in [3.8, 4) is 0 Å². The van der Waals surface area contributed by atoms with Crippen molar-refractivity contribution < 1.29 is 4.43 Å². The molecule has 0 aliphatic heterocycles. The van der Waals surface area contributed by atoms with Crippen molar-refractivity contribution in [3.05, 3.63) is 0 Å². The van der Waals surface area contributed by atoms with Crippen LogP contribution < -0.4 is 0 Å². The Kier molecular flexibility index (Phi) is 7.54. The largest absolute Gasteiger partial charge is 0.414 e. The highest BCUT2D eigenvalue weighted by molar-refractivity contribution is 6.69. The maximum Gasteiger partial charge on any atom is 0.184 e. The monoisotopic (exact) mass is 230 g/mol. The maximum atomic E-state index is 6.32. The third kappa shape index (κ3) is 7.12. The summed E-state index contributed by atoms with van der Waals surface area (Å²) in [6.07, 6.45) is 6.88. The second-order valence-electron chi connectivity index (χ2n) is 5.51. The van der Waals surface area contributed by atoms with Gasteiger partial charge in [0.15, 0.2) is 8.32 Å². The third-order valence-corrected chi connectivity index (χ3v) is 3.80. The summed E-state index contributed by atoms with van der Waals surface area (Å²) in [7, 11) is -1.37. The molecule has 0 saturated heterocycles. The Hall–Kier alpha value is 0.177. The normalized spacial score (nSPS) is 16.4. The van der Waals surface area contributed by atoms with E-state index in [0.717, 1.165) is 5.92 Å². The average molecular weight is 230 g/mol. The first kappa shape index (κ1) is 15.2. The summed E-state index contributed by atoms with van der Waals surface area (Å²) in [5.41, 5.74) is 0. The highest BCUT2D eigenvalue weighted by Crippen LogP contribution is 2.25. The Balaban J connectivity index is 4.33. The topological polar surface area (TPSA) is 9.23 Å². The summed E-state index contributed by atoms with van der Waals surface area (Å²) < 4.78 is 6.32. The van der Waals surface area contributed by atoms with Crippen molar-refractivity contribution in [2.45, 2.75) is 78.6 Å². The summed E-state index contributed by atoms with van der Waals surface area (Å²) in [6, 6.07) is 0. The van der Waals surface area contributed by atoms with Gasteiger partial charge in [-0.1, -0.05) is 40.0 Å². The summed E-state index contributed by atoms with van der Waals surface area (Å²) in [5.74, 6) is 0.779. The molecule has 0 aliphatic rings. The molecular weight excluding hydrogens is 200 g/mol. The van der Waals surface area contributed by atoms with Crippen molar-refractivity contribution in [1.82, 2.24) is 0 Å². The van der Waals surface area contributed by atoms with Crippen LogP contribution in [0.2, 0.25) is 19.6 Å². The van der Waals surface area contributed by atoms with Gasteiger partial charge < -0.3 is 4.43 Å². The summed E-state index contributed by atoms with van der Waals surface area (Å²) in [4.78, 5) is 0. The molecule has 0 amide bonds. The molecule has 0 unspecified atom stereocenters. The molecule has 0 N–H and O–H groups in total. The quantitative estimate of drug-likeness (QED) is 0.543. The predicted molar refractivity (Wildman–Crippen MR) is 71.8 cm³/mol. The van der Waals surface area contributed by atoms with Crippen molar-refractivity contribution in [2.75, 3.05) is 0 Å².